The average Bonchev–Trinajstić information content (AvgIpc) is 2.71. The highest BCUT2D eigenvalue weighted by Crippen LogP contribution is 2.37. The summed E-state index contributed by atoms with van der Waals surface area (Å²) >= 11 is 6.25. The fourth-order valence-electron chi connectivity index (χ4n) is 2.29. The van der Waals surface area contributed by atoms with Crippen LogP contribution in [-0.4, -0.2) is 26.7 Å². The monoisotopic (exact) mass is 398 g/mol. The first-order chi connectivity index (χ1) is 13.5. The number of nitrogens with one attached hydrogen (secondary N) is 1. The Bertz CT molecular complexity index is 931. The molecule has 7 heteroatoms. The second kappa shape index (κ2) is 10.0. The van der Waals surface area contributed by atoms with Crippen molar-refractivity contribution in [2.24, 2.45) is 0 Å². The highest BCUT2D eigenvalue weighted by atomic mass is 35.5. The standard InChI is InChI=1S/C21H19ClN2O4/c1-4-9-28-20-18(22)11-14(12-19(20)27-3)10-15(13-23)21(25)24-16-5-7-17(26-2)8-6-16/h4-8,10-12H,1,9H2,2-3H3,(H,24,25)/b15-10-. The summed E-state index contributed by atoms with van der Waals surface area (Å²) in [6, 6.07) is 11.9. The maximum Gasteiger partial charge on any atom is 0.266 e. The first-order valence-corrected chi connectivity index (χ1v) is 8.58. The maximum absolute atomic E-state index is 12.4. The highest BCUT2D eigenvalue weighted by Gasteiger charge is 2.14. The van der Waals surface area contributed by atoms with Crippen molar-refractivity contribution in [3.05, 3.63) is 65.2 Å². The molecule has 2 aromatic carbocycles. The minimum Gasteiger partial charge on any atom is -0.497 e. The molecule has 0 atom stereocenters. The number of nitrogens with zero attached hydrogens (tertiary/aromatic N) is 1. The van der Waals surface area contributed by atoms with Crippen molar-refractivity contribution in [1.29, 1.82) is 5.26 Å². The molecule has 1 N–H and O–H groups in total. The van der Waals surface area contributed by atoms with Gasteiger partial charge >= 0.3 is 0 Å². The number of rotatable bonds is 8. The van der Waals surface area contributed by atoms with E-state index < -0.39 is 5.91 Å². The average molecular weight is 399 g/mol. The fraction of sp³-hybridized carbons (Fsp3) is 0.143. The summed E-state index contributed by atoms with van der Waals surface area (Å²) in [5.74, 6) is 0.861. The normalized spacial score (nSPS) is 10.6. The van der Waals surface area contributed by atoms with Crippen molar-refractivity contribution in [1.82, 2.24) is 0 Å². The molecule has 0 aromatic heterocycles. The number of ether oxygens (including phenoxy) is 3. The van der Waals surface area contributed by atoms with Gasteiger partial charge in [-0.2, -0.15) is 5.26 Å². The van der Waals surface area contributed by atoms with Crippen LogP contribution in [-0.2, 0) is 4.79 Å². The van der Waals surface area contributed by atoms with Crippen molar-refractivity contribution in [2.75, 3.05) is 26.1 Å². The molecule has 144 valence electrons. The van der Waals surface area contributed by atoms with E-state index in [4.69, 9.17) is 25.8 Å². The van der Waals surface area contributed by atoms with Gasteiger partial charge in [-0.25, -0.2) is 0 Å². The summed E-state index contributed by atoms with van der Waals surface area (Å²) in [4.78, 5) is 12.4. The number of amides is 1. The number of hydrogen-bond donors (Lipinski definition) is 1. The Morgan fingerprint density at radius 3 is 2.54 bits per heavy atom. The van der Waals surface area contributed by atoms with Crippen LogP contribution in [0.25, 0.3) is 6.08 Å². The summed E-state index contributed by atoms with van der Waals surface area (Å²) in [6.45, 7) is 3.85. The Morgan fingerprint density at radius 1 is 1.25 bits per heavy atom. The molecule has 0 fully saturated rings. The lowest BCUT2D eigenvalue weighted by Gasteiger charge is -2.12. The van der Waals surface area contributed by atoms with E-state index in [1.165, 1.54) is 13.2 Å². The quantitative estimate of drug-likeness (QED) is 0.403. The number of carbonyl (C=O) groups is 1. The summed E-state index contributed by atoms with van der Waals surface area (Å²) in [5, 5.41) is 12.3. The molecular weight excluding hydrogens is 380 g/mol. The molecular formula is C21H19ClN2O4. The topological polar surface area (TPSA) is 80.6 Å². The predicted octanol–water partition coefficient (Wildman–Crippen LogP) is 4.47. The van der Waals surface area contributed by atoms with Crippen LogP contribution < -0.4 is 19.5 Å². The lowest BCUT2D eigenvalue weighted by Crippen LogP contribution is -2.13. The van der Waals surface area contributed by atoms with Crippen LogP contribution in [0.5, 0.6) is 17.2 Å². The van der Waals surface area contributed by atoms with Crippen molar-refractivity contribution >= 4 is 29.3 Å². The lowest BCUT2D eigenvalue weighted by atomic mass is 10.1. The maximum atomic E-state index is 12.4. The highest BCUT2D eigenvalue weighted by molar-refractivity contribution is 6.32. The van der Waals surface area contributed by atoms with Crippen LogP contribution >= 0.6 is 11.6 Å². The number of halogens is 1. The SMILES string of the molecule is C=CCOc1c(Cl)cc(/C=C(/C#N)C(=O)Nc2ccc(OC)cc2)cc1OC. The summed E-state index contributed by atoms with van der Waals surface area (Å²) in [5.41, 5.74) is 0.971. The van der Waals surface area contributed by atoms with E-state index in [2.05, 4.69) is 11.9 Å². The molecule has 0 heterocycles. The second-order valence-corrected chi connectivity index (χ2v) is 5.89. The van der Waals surface area contributed by atoms with Gasteiger partial charge in [0.25, 0.3) is 5.91 Å². The molecule has 0 aliphatic heterocycles. The van der Waals surface area contributed by atoms with Gasteiger partial charge in [-0.05, 0) is 48.0 Å². The number of carbonyl (C=O) groups excluding carboxylic acids is 1. The summed E-state index contributed by atoms with van der Waals surface area (Å²) in [7, 11) is 3.03. The van der Waals surface area contributed by atoms with Gasteiger partial charge in [-0.15, -0.1) is 0 Å². The molecule has 0 bridgehead atoms. The zero-order chi connectivity index (χ0) is 20.5. The number of nitriles is 1. The Hall–Kier alpha value is -3.43. The lowest BCUT2D eigenvalue weighted by molar-refractivity contribution is -0.112. The van der Waals surface area contributed by atoms with Crippen molar-refractivity contribution in [3.63, 3.8) is 0 Å². The Morgan fingerprint density at radius 2 is 1.96 bits per heavy atom. The molecule has 1 amide bonds. The van der Waals surface area contributed by atoms with Crippen molar-refractivity contribution in [3.8, 4) is 23.3 Å². The van der Waals surface area contributed by atoms with E-state index in [-0.39, 0.29) is 12.2 Å². The van der Waals surface area contributed by atoms with E-state index in [9.17, 15) is 10.1 Å². The minimum atomic E-state index is -0.547. The van der Waals surface area contributed by atoms with E-state index in [1.54, 1.807) is 49.6 Å². The van der Waals surface area contributed by atoms with Crippen LogP contribution in [0.4, 0.5) is 5.69 Å². The van der Waals surface area contributed by atoms with Crippen LogP contribution in [0, 0.1) is 11.3 Å². The third-order valence-corrected chi connectivity index (χ3v) is 3.90. The van der Waals surface area contributed by atoms with E-state index >= 15 is 0 Å². The molecule has 0 unspecified atom stereocenters. The van der Waals surface area contributed by atoms with Gasteiger partial charge in [0.1, 0.15) is 24.0 Å². The van der Waals surface area contributed by atoms with Crippen LogP contribution in [0.1, 0.15) is 5.56 Å². The molecule has 0 spiro atoms. The Labute approximate surface area is 168 Å². The zero-order valence-electron chi connectivity index (χ0n) is 15.5. The third kappa shape index (κ3) is 5.29. The van der Waals surface area contributed by atoms with Crippen molar-refractivity contribution < 1.29 is 19.0 Å². The molecule has 0 aliphatic rings. The van der Waals surface area contributed by atoms with Gasteiger partial charge in [0.05, 0.1) is 19.2 Å². The fourth-order valence-corrected chi connectivity index (χ4v) is 2.57. The largest absolute Gasteiger partial charge is 0.497 e. The van der Waals surface area contributed by atoms with E-state index in [0.717, 1.165) is 0 Å². The molecule has 2 rings (SSSR count). The molecule has 0 saturated carbocycles. The number of benzene rings is 2. The van der Waals surface area contributed by atoms with E-state index in [0.29, 0.717) is 33.5 Å². The Balaban J connectivity index is 2.27. The van der Waals surface area contributed by atoms with Gasteiger partial charge in [0, 0.05) is 5.69 Å². The first kappa shape index (κ1) is 20.9. The van der Waals surface area contributed by atoms with Gasteiger partial charge in [-0.3, -0.25) is 4.79 Å². The number of methoxy groups -OCH3 is 2. The summed E-state index contributed by atoms with van der Waals surface area (Å²) in [6.07, 6.45) is 3.01. The molecule has 2 aromatic rings. The van der Waals surface area contributed by atoms with Crippen LogP contribution in [0.2, 0.25) is 5.02 Å². The number of anilines is 1. The molecule has 0 saturated heterocycles. The van der Waals surface area contributed by atoms with Gasteiger partial charge in [0.2, 0.25) is 0 Å². The van der Waals surface area contributed by atoms with E-state index in [1.807, 2.05) is 6.07 Å². The minimum absolute atomic E-state index is 0.0892. The predicted molar refractivity (Wildman–Crippen MR) is 109 cm³/mol. The molecule has 0 radical (unpaired) electrons. The van der Waals surface area contributed by atoms with Crippen LogP contribution in [0.15, 0.2) is 54.6 Å². The molecule has 0 aliphatic carbocycles. The molecule has 28 heavy (non-hydrogen) atoms. The van der Waals surface area contributed by atoms with Gasteiger partial charge < -0.3 is 19.5 Å². The van der Waals surface area contributed by atoms with Gasteiger partial charge in [-0.1, -0.05) is 24.3 Å². The van der Waals surface area contributed by atoms with Crippen LogP contribution in [0.3, 0.4) is 0 Å². The Kier molecular flexibility index (Phi) is 7.49. The molecule has 6 nitrogen and oxygen atoms in total. The summed E-state index contributed by atoms with van der Waals surface area (Å²) < 4.78 is 15.9. The van der Waals surface area contributed by atoms with Gasteiger partial charge in [0.15, 0.2) is 11.5 Å². The third-order valence-electron chi connectivity index (χ3n) is 3.62. The smallest absolute Gasteiger partial charge is 0.266 e. The first-order valence-electron chi connectivity index (χ1n) is 8.20. The second-order valence-electron chi connectivity index (χ2n) is 5.49. The number of hydrogen-bond acceptors (Lipinski definition) is 5. The van der Waals surface area contributed by atoms with Crippen molar-refractivity contribution in [2.45, 2.75) is 0 Å². The zero-order valence-corrected chi connectivity index (χ0v) is 16.2.